The lowest BCUT2D eigenvalue weighted by Crippen LogP contribution is -2.38. The minimum atomic E-state index is -3.49. The summed E-state index contributed by atoms with van der Waals surface area (Å²) >= 11 is 0. The second-order valence-corrected chi connectivity index (χ2v) is 6.09. The second kappa shape index (κ2) is 5.83. The van der Waals surface area contributed by atoms with Gasteiger partial charge < -0.3 is 11.5 Å². The molecule has 1 rings (SSSR count). The number of primary amides is 1. The first-order valence-corrected chi connectivity index (χ1v) is 7.07. The molecule has 1 aromatic rings. The van der Waals surface area contributed by atoms with Gasteiger partial charge in [0.1, 0.15) is 0 Å². The van der Waals surface area contributed by atoms with Gasteiger partial charge in [-0.15, -0.1) is 0 Å². The van der Waals surface area contributed by atoms with E-state index in [-0.39, 0.29) is 18.8 Å². The third-order valence-electron chi connectivity index (χ3n) is 2.49. The van der Waals surface area contributed by atoms with Gasteiger partial charge in [-0.1, -0.05) is 18.2 Å². The average Bonchev–Trinajstić information content (AvgIpc) is 2.30. The minimum Gasteiger partial charge on any atom is -0.398 e. The Morgan fingerprint density at radius 3 is 2.44 bits per heavy atom. The fraction of sp³-hybridized carbons (Fsp3) is 0.364. The van der Waals surface area contributed by atoms with Crippen LogP contribution in [-0.4, -0.2) is 30.9 Å². The standard InChI is InChI=1S/C11H17N3O3S/c1-2-18(16,17)14(8-11(13)15)7-9-5-3-4-6-10(9)12/h3-6H,2,7-8,12H2,1H3,(H2,13,15). The van der Waals surface area contributed by atoms with Gasteiger partial charge in [0.2, 0.25) is 15.9 Å². The third kappa shape index (κ3) is 3.71. The molecule has 6 nitrogen and oxygen atoms in total. The van der Waals surface area contributed by atoms with Crippen LogP contribution in [0.3, 0.4) is 0 Å². The topological polar surface area (TPSA) is 106 Å². The van der Waals surface area contributed by atoms with E-state index in [1.165, 1.54) is 6.92 Å². The van der Waals surface area contributed by atoms with Crippen LogP contribution in [0.5, 0.6) is 0 Å². The van der Waals surface area contributed by atoms with Crippen molar-refractivity contribution in [2.75, 3.05) is 18.0 Å². The van der Waals surface area contributed by atoms with Crippen molar-refractivity contribution in [3.05, 3.63) is 29.8 Å². The van der Waals surface area contributed by atoms with Gasteiger partial charge in [0.15, 0.2) is 0 Å². The average molecular weight is 271 g/mol. The summed E-state index contributed by atoms with van der Waals surface area (Å²) in [5, 5.41) is 0. The maximum atomic E-state index is 11.8. The summed E-state index contributed by atoms with van der Waals surface area (Å²) in [5.41, 5.74) is 11.9. The fourth-order valence-corrected chi connectivity index (χ4v) is 2.50. The molecule has 0 saturated carbocycles. The Kier molecular flexibility index (Phi) is 4.69. The van der Waals surface area contributed by atoms with Crippen LogP contribution in [0, 0.1) is 0 Å². The molecule has 100 valence electrons. The highest BCUT2D eigenvalue weighted by atomic mass is 32.2. The number of hydrogen-bond donors (Lipinski definition) is 2. The van der Waals surface area contributed by atoms with Gasteiger partial charge in [-0.2, -0.15) is 4.31 Å². The van der Waals surface area contributed by atoms with Crippen LogP contribution in [0.4, 0.5) is 5.69 Å². The highest BCUT2D eigenvalue weighted by Gasteiger charge is 2.22. The van der Waals surface area contributed by atoms with Crippen molar-refractivity contribution in [2.45, 2.75) is 13.5 Å². The first-order valence-electron chi connectivity index (χ1n) is 5.46. The molecule has 0 aromatic heterocycles. The van der Waals surface area contributed by atoms with Crippen molar-refractivity contribution in [1.29, 1.82) is 0 Å². The first kappa shape index (κ1) is 14.5. The molecule has 0 unspecified atom stereocenters. The number of nitrogens with two attached hydrogens (primary N) is 2. The molecular formula is C11H17N3O3S. The summed E-state index contributed by atoms with van der Waals surface area (Å²) in [6.07, 6.45) is 0. The van der Waals surface area contributed by atoms with E-state index in [1.807, 2.05) is 0 Å². The van der Waals surface area contributed by atoms with Gasteiger partial charge in [0, 0.05) is 12.2 Å². The van der Waals surface area contributed by atoms with Crippen LogP contribution in [0.1, 0.15) is 12.5 Å². The van der Waals surface area contributed by atoms with Crippen LogP contribution in [0.2, 0.25) is 0 Å². The highest BCUT2D eigenvalue weighted by molar-refractivity contribution is 7.89. The molecule has 0 aliphatic carbocycles. The van der Waals surface area contributed by atoms with E-state index in [4.69, 9.17) is 11.5 Å². The fourth-order valence-electron chi connectivity index (χ4n) is 1.48. The van der Waals surface area contributed by atoms with E-state index >= 15 is 0 Å². The van der Waals surface area contributed by atoms with E-state index in [1.54, 1.807) is 24.3 Å². The number of nitrogens with zero attached hydrogens (tertiary/aromatic N) is 1. The van der Waals surface area contributed by atoms with Gasteiger partial charge in [0.25, 0.3) is 0 Å². The van der Waals surface area contributed by atoms with E-state index in [9.17, 15) is 13.2 Å². The van der Waals surface area contributed by atoms with Crippen molar-refractivity contribution >= 4 is 21.6 Å². The number of anilines is 1. The van der Waals surface area contributed by atoms with Gasteiger partial charge in [-0.3, -0.25) is 4.79 Å². The summed E-state index contributed by atoms with van der Waals surface area (Å²) in [6.45, 7) is 1.22. The number of carbonyl (C=O) groups is 1. The molecular weight excluding hydrogens is 254 g/mol. The van der Waals surface area contributed by atoms with Gasteiger partial charge in [0.05, 0.1) is 12.3 Å². The van der Waals surface area contributed by atoms with Crippen LogP contribution in [0.25, 0.3) is 0 Å². The van der Waals surface area contributed by atoms with E-state index in [0.29, 0.717) is 11.3 Å². The number of sulfonamides is 1. The van der Waals surface area contributed by atoms with E-state index < -0.39 is 15.9 Å². The molecule has 0 aliphatic heterocycles. The highest BCUT2D eigenvalue weighted by Crippen LogP contribution is 2.15. The summed E-state index contributed by atoms with van der Waals surface area (Å²) in [7, 11) is -3.49. The second-order valence-electron chi connectivity index (χ2n) is 3.83. The Bertz CT molecular complexity index is 528. The Morgan fingerprint density at radius 1 is 1.33 bits per heavy atom. The molecule has 1 aromatic carbocycles. The summed E-state index contributed by atoms with van der Waals surface area (Å²) in [4.78, 5) is 10.9. The summed E-state index contributed by atoms with van der Waals surface area (Å²) in [6, 6.07) is 6.91. The van der Waals surface area contributed by atoms with Crippen LogP contribution in [0.15, 0.2) is 24.3 Å². The number of carbonyl (C=O) groups excluding carboxylic acids is 1. The van der Waals surface area contributed by atoms with E-state index in [0.717, 1.165) is 4.31 Å². The minimum absolute atomic E-state index is 0.0474. The molecule has 0 aliphatic rings. The Balaban J connectivity index is 3.00. The number of benzene rings is 1. The number of hydrogen-bond acceptors (Lipinski definition) is 4. The number of amides is 1. The molecule has 7 heteroatoms. The molecule has 4 N–H and O–H groups in total. The lowest BCUT2D eigenvalue weighted by molar-refractivity contribution is -0.118. The third-order valence-corrected chi connectivity index (χ3v) is 4.27. The SMILES string of the molecule is CCS(=O)(=O)N(CC(N)=O)Cc1ccccc1N. The lowest BCUT2D eigenvalue weighted by Gasteiger charge is -2.20. The van der Waals surface area contributed by atoms with Gasteiger partial charge >= 0.3 is 0 Å². The first-order chi connectivity index (χ1) is 8.36. The number of rotatable bonds is 6. The molecule has 0 saturated heterocycles. The number of para-hydroxylation sites is 1. The van der Waals surface area contributed by atoms with Crippen LogP contribution >= 0.6 is 0 Å². The van der Waals surface area contributed by atoms with Gasteiger partial charge in [-0.05, 0) is 18.6 Å². The number of nitrogen functional groups attached to an aromatic ring is 1. The Labute approximate surface area is 107 Å². The molecule has 0 bridgehead atoms. The summed E-state index contributed by atoms with van der Waals surface area (Å²) in [5.74, 6) is -0.783. The van der Waals surface area contributed by atoms with Crippen LogP contribution < -0.4 is 11.5 Å². The lowest BCUT2D eigenvalue weighted by atomic mass is 10.2. The molecule has 0 radical (unpaired) electrons. The summed E-state index contributed by atoms with van der Waals surface area (Å²) < 4.78 is 24.7. The van der Waals surface area contributed by atoms with E-state index in [2.05, 4.69) is 0 Å². The van der Waals surface area contributed by atoms with Crippen molar-refractivity contribution in [1.82, 2.24) is 4.31 Å². The zero-order valence-corrected chi connectivity index (χ0v) is 11.0. The smallest absolute Gasteiger partial charge is 0.232 e. The predicted molar refractivity (Wildman–Crippen MR) is 69.9 cm³/mol. The van der Waals surface area contributed by atoms with Gasteiger partial charge in [-0.25, -0.2) is 8.42 Å². The van der Waals surface area contributed by atoms with Crippen molar-refractivity contribution in [3.8, 4) is 0 Å². The monoisotopic (exact) mass is 271 g/mol. The molecule has 0 fully saturated rings. The zero-order chi connectivity index (χ0) is 13.8. The Hall–Kier alpha value is -1.60. The molecule has 0 heterocycles. The maximum Gasteiger partial charge on any atom is 0.232 e. The molecule has 0 atom stereocenters. The van der Waals surface area contributed by atoms with Crippen molar-refractivity contribution in [2.24, 2.45) is 5.73 Å². The largest absolute Gasteiger partial charge is 0.398 e. The van der Waals surface area contributed by atoms with Crippen molar-refractivity contribution < 1.29 is 13.2 Å². The normalized spacial score (nSPS) is 11.7. The molecule has 0 spiro atoms. The molecule has 1 amide bonds. The Morgan fingerprint density at radius 2 is 1.94 bits per heavy atom. The quantitative estimate of drug-likeness (QED) is 0.705. The maximum absolute atomic E-state index is 11.8. The zero-order valence-electron chi connectivity index (χ0n) is 10.2. The van der Waals surface area contributed by atoms with Crippen LogP contribution in [-0.2, 0) is 21.4 Å². The molecule has 18 heavy (non-hydrogen) atoms. The van der Waals surface area contributed by atoms with Crippen molar-refractivity contribution in [3.63, 3.8) is 0 Å². The predicted octanol–water partition coefficient (Wildman–Crippen LogP) is -0.0942.